The quantitative estimate of drug-likeness (QED) is 0.370. The maximum atomic E-state index is 14.8. The van der Waals surface area contributed by atoms with E-state index in [0.29, 0.717) is 17.7 Å². The van der Waals surface area contributed by atoms with Gasteiger partial charge in [-0.3, -0.25) is 0 Å². The van der Waals surface area contributed by atoms with Gasteiger partial charge in [0.15, 0.2) is 5.82 Å². The largest absolute Gasteiger partial charge is 0.320 e. The Bertz CT molecular complexity index is 1290. The number of piperidine rings is 1. The van der Waals surface area contributed by atoms with E-state index in [1.54, 1.807) is 0 Å². The molecular weight excluding hydrogens is 449 g/mol. The Hall–Kier alpha value is -2.91. The Kier molecular flexibility index (Phi) is 6.31. The number of fused-ring (bicyclic) bond motifs is 1. The van der Waals surface area contributed by atoms with Gasteiger partial charge in [0.2, 0.25) is 5.95 Å². The first kappa shape index (κ1) is 22.9. The highest BCUT2D eigenvalue weighted by Crippen LogP contribution is 2.39. The van der Waals surface area contributed by atoms with E-state index in [-0.39, 0.29) is 11.7 Å². The maximum absolute atomic E-state index is 14.8. The van der Waals surface area contributed by atoms with E-state index in [4.69, 9.17) is 0 Å². The molecule has 4 aromatic rings. The molecule has 0 unspecified atom stereocenters. The summed E-state index contributed by atoms with van der Waals surface area (Å²) in [6.45, 7) is 11.8. The number of nitrogens with zero attached hydrogens (tertiary/aromatic N) is 6. The van der Waals surface area contributed by atoms with Gasteiger partial charge in [0.1, 0.15) is 21.9 Å². The highest BCUT2D eigenvalue weighted by Gasteiger charge is 2.22. The third kappa shape index (κ3) is 4.30. The van der Waals surface area contributed by atoms with Crippen LogP contribution in [0.4, 0.5) is 16.2 Å². The third-order valence-corrected chi connectivity index (χ3v) is 7.99. The number of aromatic nitrogens is 5. The van der Waals surface area contributed by atoms with E-state index in [1.165, 1.54) is 23.1 Å². The second-order valence-electron chi connectivity index (χ2n) is 9.16. The highest BCUT2D eigenvalue weighted by atomic mass is 32.1. The molecule has 0 atom stereocenters. The lowest BCUT2D eigenvalue weighted by Gasteiger charge is -2.31. The fourth-order valence-electron chi connectivity index (χ4n) is 4.59. The van der Waals surface area contributed by atoms with E-state index in [9.17, 15) is 4.39 Å². The Morgan fingerprint density at radius 2 is 1.94 bits per heavy atom. The lowest BCUT2D eigenvalue weighted by Crippen LogP contribution is -2.32. The van der Waals surface area contributed by atoms with Crippen molar-refractivity contribution in [1.82, 2.24) is 29.4 Å². The zero-order valence-electron chi connectivity index (χ0n) is 20.0. The number of thiophene rings is 1. The van der Waals surface area contributed by atoms with Crippen LogP contribution >= 0.6 is 11.3 Å². The summed E-state index contributed by atoms with van der Waals surface area (Å²) >= 11 is 1.51. The zero-order valence-corrected chi connectivity index (χ0v) is 20.9. The van der Waals surface area contributed by atoms with Crippen LogP contribution in [0, 0.1) is 12.7 Å². The van der Waals surface area contributed by atoms with Crippen LogP contribution in [0.2, 0.25) is 0 Å². The molecule has 9 heteroatoms. The van der Waals surface area contributed by atoms with Crippen molar-refractivity contribution < 1.29 is 4.39 Å². The molecule has 0 aliphatic carbocycles. The summed E-state index contributed by atoms with van der Waals surface area (Å²) in [5, 5.41) is 3.14. The molecule has 1 aliphatic heterocycles. The van der Waals surface area contributed by atoms with Crippen molar-refractivity contribution in [3.05, 3.63) is 47.8 Å². The van der Waals surface area contributed by atoms with Crippen LogP contribution in [0.5, 0.6) is 0 Å². The Balaban J connectivity index is 1.37. The number of halogens is 1. The summed E-state index contributed by atoms with van der Waals surface area (Å²) in [6.07, 6.45) is 7.32. The molecule has 0 bridgehead atoms. The van der Waals surface area contributed by atoms with Gasteiger partial charge in [-0.1, -0.05) is 13.0 Å². The van der Waals surface area contributed by atoms with Crippen molar-refractivity contribution in [1.29, 1.82) is 0 Å². The van der Waals surface area contributed by atoms with Gasteiger partial charge >= 0.3 is 0 Å². The molecule has 0 aromatic carbocycles. The minimum absolute atomic E-state index is 0.275. The summed E-state index contributed by atoms with van der Waals surface area (Å²) < 4.78 is 16.9. The minimum atomic E-state index is -0.449. The van der Waals surface area contributed by atoms with Crippen LogP contribution in [0.15, 0.2) is 30.9 Å². The number of rotatable bonds is 6. The van der Waals surface area contributed by atoms with Gasteiger partial charge in [-0.15, -0.1) is 11.3 Å². The Morgan fingerprint density at radius 1 is 1.15 bits per heavy atom. The lowest BCUT2D eigenvalue weighted by molar-refractivity contribution is 0.222. The molecule has 0 amide bonds. The number of aryl methyl sites for hydroxylation is 1. The van der Waals surface area contributed by atoms with Crippen LogP contribution in [0.1, 0.15) is 56.7 Å². The summed E-state index contributed by atoms with van der Waals surface area (Å²) in [6, 6.07) is 4.35. The zero-order chi connectivity index (χ0) is 23.8. The molecule has 0 saturated carbocycles. The van der Waals surface area contributed by atoms with Crippen molar-refractivity contribution in [2.75, 3.05) is 25.0 Å². The summed E-state index contributed by atoms with van der Waals surface area (Å²) in [5.41, 5.74) is 3.37. The summed E-state index contributed by atoms with van der Waals surface area (Å²) in [4.78, 5) is 22.1. The van der Waals surface area contributed by atoms with Crippen molar-refractivity contribution >= 4 is 33.5 Å². The lowest BCUT2D eigenvalue weighted by atomic mass is 9.90. The SMILES string of the molecule is CCN1CCC(c2ccc(Nc3ncc(F)c(-c4sc5c(ncn5C(C)C)c4C)n3)nc2)CC1. The average molecular weight is 480 g/mol. The molecule has 1 saturated heterocycles. The Morgan fingerprint density at radius 3 is 2.62 bits per heavy atom. The number of likely N-dealkylation sites (tertiary alicyclic amines) is 1. The maximum Gasteiger partial charge on any atom is 0.229 e. The van der Waals surface area contributed by atoms with Gasteiger partial charge in [-0.05, 0) is 76.4 Å². The molecule has 0 radical (unpaired) electrons. The number of pyridine rings is 1. The highest BCUT2D eigenvalue weighted by molar-refractivity contribution is 7.22. The van der Waals surface area contributed by atoms with E-state index >= 15 is 0 Å². The molecule has 178 valence electrons. The van der Waals surface area contributed by atoms with Crippen molar-refractivity contribution in [3.8, 4) is 10.6 Å². The van der Waals surface area contributed by atoms with Gasteiger partial charge in [0, 0.05) is 12.2 Å². The van der Waals surface area contributed by atoms with Crippen LogP contribution in [0.25, 0.3) is 20.9 Å². The number of hydrogen-bond acceptors (Lipinski definition) is 7. The van der Waals surface area contributed by atoms with Crippen LogP contribution in [0.3, 0.4) is 0 Å². The summed E-state index contributed by atoms with van der Waals surface area (Å²) in [5.74, 6) is 1.07. The summed E-state index contributed by atoms with van der Waals surface area (Å²) in [7, 11) is 0. The monoisotopic (exact) mass is 479 g/mol. The standard InChI is InChI=1S/C25H30FN7S/c1-5-32-10-8-17(9-11-32)18-6-7-20(27-12-18)30-25-28-13-19(26)22(31-25)23-16(4)21-24(34-23)33(14-29-21)15(2)3/h6-7,12-15,17H,5,8-11H2,1-4H3,(H,27,28,30,31). The molecular formula is C25H30FN7S. The van der Waals surface area contributed by atoms with Gasteiger partial charge in [-0.25, -0.2) is 24.3 Å². The molecule has 5 rings (SSSR count). The van der Waals surface area contributed by atoms with Crippen LogP contribution in [-0.4, -0.2) is 49.0 Å². The molecule has 34 heavy (non-hydrogen) atoms. The number of hydrogen-bond donors (Lipinski definition) is 1. The minimum Gasteiger partial charge on any atom is -0.320 e. The fraction of sp³-hybridized carbons (Fsp3) is 0.440. The molecule has 1 aliphatic rings. The Labute approximate surface area is 203 Å². The van der Waals surface area contributed by atoms with E-state index in [0.717, 1.165) is 53.3 Å². The van der Waals surface area contributed by atoms with E-state index in [1.807, 2.05) is 25.5 Å². The van der Waals surface area contributed by atoms with Gasteiger partial charge in [0.25, 0.3) is 0 Å². The average Bonchev–Trinajstić information content (AvgIpc) is 3.41. The molecule has 1 N–H and O–H groups in total. The van der Waals surface area contributed by atoms with E-state index < -0.39 is 5.82 Å². The van der Waals surface area contributed by atoms with Crippen LogP contribution < -0.4 is 5.32 Å². The smallest absolute Gasteiger partial charge is 0.229 e. The fourth-order valence-corrected chi connectivity index (χ4v) is 5.94. The molecule has 7 nitrogen and oxygen atoms in total. The second-order valence-corrected chi connectivity index (χ2v) is 10.2. The first-order valence-electron chi connectivity index (χ1n) is 11.9. The van der Waals surface area contributed by atoms with Crippen molar-refractivity contribution in [2.24, 2.45) is 0 Å². The molecule has 4 aromatic heterocycles. The molecule has 0 spiro atoms. The third-order valence-electron chi connectivity index (χ3n) is 6.69. The second kappa shape index (κ2) is 9.38. The van der Waals surface area contributed by atoms with Crippen molar-refractivity contribution in [3.63, 3.8) is 0 Å². The topological polar surface area (TPSA) is 71.8 Å². The van der Waals surface area contributed by atoms with Gasteiger partial charge < -0.3 is 14.8 Å². The molecule has 1 fully saturated rings. The number of nitrogens with one attached hydrogen (secondary N) is 1. The van der Waals surface area contributed by atoms with Crippen molar-refractivity contribution in [2.45, 2.75) is 52.5 Å². The van der Waals surface area contributed by atoms with E-state index in [2.05, 4.69) is 61.6 Å². The van der Waals surface area contributed by atoms with Gasteiger partial charge in [-0.2, -0.15) is 0 Å². The predicted molar refractivity (Wildman–Crippen MR) is 135 cm³/mol. The van der Waals surface area contributed by atoms with Gasteiger partial charge in [0.05, 0.1) is 17.4 Å². The number of anilines is 2. The first-order chi connectivity index (χ1) is 16.4. The molecule has 5 heterocycles. The predicted octanol–water partition coefficient (Wildman–Crippen LogP) is 5.92. The number of imidazole rings is 1. The first-order valence-corrected chi connectivity index (χ1v) is 12.7. The normalized spacial score (nSPS) is 15.5. The van der Waals surface area contributed by atoms with Crippen LogP contribution in [-0.2, 0) is 0 Å².